The summed E-state index contributed by atoms with van der Waals surface area (Å²) in [4.78, 5) is 1.81. The van der Waals surface area contributed by atoms with Gasteiger partial charge >= 0.3 is 0 Å². The molecule has 3 nitrogen and oxygen atoms in total. The van der Waals surface area contributed by atoms with Crippen molar-refractivity contribution in [3.8, 4) is 11.5 Å². The van der Waals surface area contributed by atoms with E-state index in [0.717, 1.165) is 24.5 Å². The topological polar surface area (TPSA) is 22.9 Å². The van der Waals surface area contributed by atoms with Crippen LogP contribution in [0.25, 0.3) is 0 Å². The highest BCUT2D eigenvalue weighted by atomic mass is 16.5. The quantitative estimate of drug-likeness (QED) is 0.738. The number of ether oxygens (including phenoxy) is 2. The highest BCUT2D eigenvalue weighted by Crippen LogP contribution is 2.25. The van der Waals surface area contributed by atoms with Crippen LogP contribution in [-0.2, 0) is 0 Å². The number of unbranched alkanes of at least 4 members (excludes halogenated alkanes) is 2. The number of hydrogen-bond acceptors (Lipinski definition) is 2. The van der Waals surface area contributed by atoms with Crippen LogP contribution >= 0.6 is 0 Å². The molecule has 1 aliphatic heterocycles. The van der Waals surface area contributed by atoms with Gasteiger partial charge in [0.05, 0.1) is 33.4 Å². The highest BCUT2D eigenvalue weighted by Gasteiger charge is 2.12. The Balaban J connectivity index is 1.55. The second-order valence-corrected chi connectivity index (χ2v) is 5.62. The van der Waals surface area contributed by atoms with Crippen LogP contribution in [0.3, 0.4) is 0 Å². The summed E-state index contributed by atoms with van der Waals surface area (Å²) in [7, 11) is 1.68. The first kappa shape index (κ1) is 15.2. The van der Waals surface area contributed by atoms with Crippen molar-refractivity contribution in [1.29, 1.82) is 0 Å². The summed E-state index contributed by atoms with van der Waals surface area (Å²) >= 11 is 0. The van der Waals surface area contributed by atoms with Crippen molar-refractivity contribution in [3.05, 3.63) is 24.3 Å². The van der Waals surface area contributed by atoms with Crippen LogP contribution in [0.2, 0.25) is 0 Å². The third kappa shape index (κ3) is 5.04. The Morgan fingerprint density at radius 1 is 0.950 bits per heavy atom. The van der Waals surface area contributed by atoms with Gasteiger partial charge < -0.3 is 14.4 Å². The summed E-state index contributed by atoms with van der Waals surface area (Å²) in [5.74, 6) is 1.68. The molecule has 1 aliphatic rings. The van der Waals surface area contributed by atoms with Gasteiger partial charge in [-0.15, -0.1) is 0 Å². The molecule has 112 valence electrons. The maximum absolute atomic E-state index is 5.79. The largest absolute Gasteiger partial charge is 0.493 e. The van der Waals surface area contributed by atoms with Crippen LogP contribution in [0.4, 0.5) is 0 Å². The molecule has 3 heteroatoms. The SMILES string of the molecule is COc1ccccc1OCCCCC[NH+]1CCCCC1. The minimum atomic E-state index is 0.787. The molecule has 1 heterocycles. The lowest BCUT2D eigenvalue weighted by molar-refractivity contribution is -0.905. The molecular weight excluding hydrogens is 250 g/mol. The molecule has 0 bridgehead atoms. The van der Waals surface area contributed by atoms with Gasteiger partial charge in [-0.2, -0.15) is 0 Å². The van der Waals surface area contributed by atoms with Gasteiger partial charge in [0.2, 0.25) is 0 Å². The predicted octanol–water partition coefficient (Wildman–Crippen LogP) is 2.31. The van der Waals surface area contributed by atoms with E-state index in [9.17, 15) is 0 Å². The predicted molar refractivity (Wildman–Crippen MR) is 81.8 cm³/mol. The zero-order chi connectivity index (χ0) is 14.0. The Morgan fingerprint density at radius 3 is 2.45 bits per heavy atom. The smallest absolute Gasteiger partial charge is 0.161 e. The van der Waals surface area contributed by atoms with E-state index in [0.29, 0.717) is 0 Å². The summed E-state index contributed by atoms with van der Waals surface area (Å²) in [5.41, 5.74) is 0. The van der Waals surface area contributed by atoms with E-state index in [-0.39, 0.29) is 0 Å². The third-order valence-corrected chi connectivity index (χ3v) is 4.06. The minimum Gasteiger partial charge on any atom is -0.493 e. The maximum atomic E-state index is 5.79. The van der Waals surface area contributed by atoms with Crippen molar-refractivity contribution in [3.63, 3.8) is 0 Å². The first-order chi connectivity index (χ1) is 9.90. The van der Waals surface area contributed by atoms with E-state index in [1.807, 2.05) is 29.2 Å². The van der Waals surface area contributed by atoms with Crippen LogP contribution in [0.5, 0.6) is 11.5 Å². The van der Waals surface area contributed by atoms with Gasteiger partial charge in [-0.05, 0) is 50.7 Å². The molecular formula is C17H28NO2+. The second kappa shape index (κ2) is 8.85. The van der Waals surface area contributed by atoms with Crippen molar-refractivity contribution in [2.24, 2.45) is 0 Å². The molecule has 1 fully saturated rings. The summed E-state index contributed by atoms with van der Waals surface area (Å²) in [6, 6.07) is 7.86. The van der Waals surface area contributed by atoms with Crippen LogP contribution in [0.1, 0.15) is 38.5 Å². The normalized spacial score (nSPS) is 16.1. The van der Waals surface area contributed by atoms with Crippen LogP contribution in [0, 0.1) is 0 Å². The van der Waals surface area contributed by atoms with Gasteiger partial charge in [0.1, 0.15) is 0 Å². The Bertz CT molecular complexity index is 375. The number of para-hydroxylation sites is 2. The van der Waals surface area contributed by atoms with Crippen molar-refractivity contribution >= 4 is 0 Å². The van der Waals surface area contributed by atoms with E-state index in [4.69, 9.17) is 9.47 Å². The first-order valence-corrected chi connectivity index (χ1v) is 7.99. The molecule has 1 N–H and O–H groups in total. The summed E-state index contributed by atoms with van der Waals surface area (Å²) in [5, 5.41) is 0. The molecule has 0 spiro atoms. The maximum Gasteiger partial charge on any atom is 0.161 e. The molecule has 1 aromatic rings. The molecule has 1 saturated heterocycles. The number of rotatable bonds is 8. The zero-order valence-electron chi connectivity index (χ0n) is 12.7. The molecule has 0 aliphatic carbocycles. The van der Waals surface area contributed by atoms with E-state index in [1.54, 1.807) is 7.11 Å². The van der Waals surface area contributed by atoms with Gasteiger partial charge in [-0.25, -0.2) is 0 Å². The number of nitrogens with one attached hydrogen (secondary N) is 1. The van der Waals surface area contributed by atoms with Gasteiger partial charge in [-0.3, -0.25) is 0 Å². The van der Waals surface area contributed by atoms with Crippen molar-refractivity contribution in [2.45, 2.75) is 38.5 Å². The van der Waals surface area contributed by atoms with Crippen LogP contribution < -0.4 is 14.4 Å². The third-order valence-electron chi connectivity index (χ3n) is 4.06. The van der Waals surface area contributed by atoms with E-state index < -0.39 is 0 Å². The Morgan fingerprint density at radius 2 is 1.70 bits per heavy atom. The first-order valence-electron chi connectivity index (χ1n) is 7.99. The van der Waals surface area contributed by atoms with Crippen molar-refractivity contribution in [1.82, 2.24) is 0 Å². The number of benzene rings is 1. The summed E-state index contributed by atoms with van der Waals surface area (Å²) < 4.78 is 11.1. The number of methoxy groups -OCH3 is 1. The molecule has 2 rings (SSSR count). The summed E-state index contributed by atoms with van der Waals surface area (Å²) in [6.07, 6.45) is 8.00. The molecule has 1 aromatic carbocycles. The Kier molecular flexibility index (Phi) is 6.72. The van der Waals surface area contributed by atoms with E-state index in [1.165, 1.54) is 51.7 Å². The monoisotopic (exact) mass is 278 g/mol. The summed E-state index contributed by atoms with van der Waals surface area (Å²) in [6.45, 7) is 4.90. The second-order valence-electron chi connectivity index (χ2n) is 5.62. The number of quaternary nitrogens is 1. The van der Waals surface area contributed by atoms with Crippen molar-refractivity contribution < 1.29 is 14.4 Å². The molecule has 0 unspecified atom stereocenters. The van der Waals surface area contributed by atoms with Crippen LogP contribution in [-0.4, -0.2) is 33.4 Å². The van der Waals surface area contributed by atoms with Gasteiger partial charge in [0.25, 0.3) is 0 Å². The van der Waals surface area contributed by atoms with Crippen molar-refractivity contribution in [2.75, 3.05) is 33.4 Å². The fourth-order valence-corrected chi connectivity index (χ4v) is 2.88. The standard InChI is InChI=1S/C17H27NO2/c1-19-16-10-4-5-11-17(16)20-15-9-3-8-14-18-12-6-2-7-13-18/h4-5,10-11H,2-3,6-9,12-15H2,1H3/p+1. The number of piperidine rings is 1. The average Bonchev–Trinajstić information content (AvgIpc) is 2.52. The highest BCUT2D eigenvalue weighted by molar-refractivity contribution is 5.39. The lowest BCUT2D eigenvalue weighted by Crippen LogP contribution is -3.12. The zero-order valence-corrected chi connectivity index (χ0v) is 12.7. The molecule has 0 radical (unpaired) electrons. The Hall–Kier alpha value is -1.22. The lowest BCUT2D eigenvalue weighted by atomic mass is 10.1. The van der Waals surface area contributed by atoms with E-state index >= 15 is 0 Å². The minimum absolute atomic E-state index is 0.787. The fourth-order valence-electron chi connectivity index (χ4n) is 2.88. The van der Waals surface area contributed by atoms with E-state index in [2.05, 4.69) is 0 Å². The molecule has 0 aromatic heterocycles. The van der Waals surface area contributed by atoms with Crippen LogP contribution in [0.15, 0.2) is 24.3 Å². The lowest BCUT2D eigenvalue weighted by Gasteiger charge is -2.23. The molecule has 0 amide bonds. The average molecular weight is 278 g/mol. The number of hydrogen-bond donors (Lipinski definition) is 1. The number of likely N-dealkylation sites (tertiary alicyclic amines) is 1. The Labute approximate surface area is 122 Å². The molecule has 0 atom stereocenters. The van der Waals surface area contributed by atoms with Gasteiger partial charge in [0.15, 0.2) is 11.5 Å². The molecule has 0 saturated carbocycles. The van der Waals surface area contributed by atoms with Gasteiger partial charge in [0, 0.05) is 0 Å². The fraction of sp³-hybridized carbons (Fsp3) is 0.647. The van der Waals surface area contributed by atoms with Gasteiger partial charge in [-0.1, -0.05) is 12.1 Å². The molecule has 20 heavy (non-hydrogen) atoms.